The van der Waals surface area contributed by atoms with Crippen molar-refractivity contribution in [3.8, 4) is 0 Å². The van der Waals surface area contributed by atoms with Crippen LogP contribution < -0.4 is 10.5 Å². The number of para-hydroxylation sites is 2. The number of hydrogen-bond donors (Lipinski definition) is 0. The lowest BCUT2D eigenvalue weighted by molar-refractivity contribution is 0.0748. The Bertz CT molecular complexity index is 1250. The first-order valence-corrected chi connectivity index (χ1v) is 10.4. The van der Waals surface area contributed by atoms with Crippen LogP contribution in [0, 0.1) is 0 Å². The first-order valence-electron chi connectivity index (χ1n) is 9.60. The minimum absolute atomic E-state index is 0.0807. The van der Waals surface area contributed by atoms with Crippen molar-refractivity contribution in [3.63, 3.8) is 0 Å². The maximum atomic E-state index is 13.2. The molecular formula is C22H20N4O2S. The van der Waals surface area contributed by atoms with Crippen molar-refractivity contribution in [3.05, 3.63) is 70.5 Å². The van der Waals surface area contributed by atoms with E-state index in [-0.39, 0.29) is 11.5 Å². The van der Waals surface area contributed by atoms with Gasteiger partial charge in [-0.1, -0.05) is 41.7 Å². The summed E-state index contributed by atoms with van der Waals surface area (Å²) in [6, 6.07) is 17.1. The van der Waals surface area contributed by atoms with Gasteiger partial charge in [-0.15, -0.1) is 0 Å². The Hall–Kier alpha value is -3.19. The normalized spacial score (nSPS) is 14.7. The van der Waals surface area contributed by atoms with E-state index in [9.17, 15) is 9.59 Å². The van der Waals surface area contributed by atoms with E-state index in [0.29, 0.717) is 18.7 Å². The van der Waals surface area contributed by atoms with E-state index in [1.807, 2.05) is 47.4 Å². The van der Waals surface area contributed by atoms with E-state index >= 15 is 0 Å². The van der Waals surface area contributed by atoms with Crippen LogP contribution in [0.1, 0.15) is 10.4 Å². The maximum absolute atomic E-state index is 13.2. The minimum Gasteiger partial charge on any atom is -0.345 e. The average molecular weight is 404 g/mol. The average Bonchev–Trinajstić information content (AvgIpc) is 3.20. The molecule has 29 heavy (non-hydrogen) atoms. The highest BCUT2D eigenvalue weighted by molar-refractivity contribution is 7.22. The summed E-state index contributed by atoms with van der Waals surface area (Å²) >= 11 is 1.68. The SMILES string of the molecule is Cn1c(=O)cc(C(=O)N2CCN(c3nc4ccccc4s3)CC2)c2ccccc21. The second-order valence-corrected chi connectivity index (χ2v) is 8.22. The van der Waals surface area contributed by atoms with Gasteiger partial charge in [-0.2, -0.15) is 0 Å². The number of thiazole rings is 1. The second-order valence-electron chi connectivity index (χ2n) is 7.22. The van der Waals surface area contributed by atoms with Crippen LogP contribution in [0.2, 0.25) is 0 Å². The molecule has 0 spiro atoms. The number of pyridine rings is 1. The van der Waals surface area contributed by atoms with Crippen LogP contribution in [0.15, 0.2) is 59.4 Å². The summed E-state index contributed by atoms with van der Waals surface area (Å²) in [5.41, 5.74) is 2.10. The number of piperazine rings is 1. The molecule has 1 aliphatic rings. The molecule has 1 fully saturated rings. The van der Waals surface area contributed by atoms with Gasteiger partial charge < -0.3 is 14.4 Å². The molecule has 0 N–H and O–H groups in total. The zero-order valence-electron chi connectivity index (χ0n) is 16.0. The zero-order chi connectivity index (χ0) is 20.0. The summed E-state index contributed by atoms with van der Waals surface area (Å²) in [6.07, 6.45) is 0. The van der Waals surface area contributed by atoms with Crippen LogP contribution in [0.5, 0.6) is 0 Å². The molecule has 4 aromatic rings. The van der Waals surface area contributed by atoms with Crippen LogP contribution in [0.3, 0.4) is 0 Å². The number of amides is 1. The Morgan fingerprint density at radius 2 is 1.72 bits per heavy atom. The summed E-state index contributed by atoms with van der Waals surface area (Å²) in [5, 5.41) is 1.81. The molecule has 1 saturated heterocycles. The maximum Gasteiger partial charge on any atom is 0.254 e. The number of aromatic nitrogens is 2. The van der Waals surface area contributed by atoms with Gasteiger partial charge in [0.15, 0.2) is 5.13 Å². The molecule has 0 bridgehead atoms. The number of nitrogens with zero attached hydrogens (tertiary/aromatic N) is 4. The zero-order valence-corrected chi connectivity index (χ0v) is 16.9. The molecule has 0 atom stereocenters. The standard InChI is InChI=1S/C22H20N4O2S/c1-24-18-8-4-2-6-15(18)16(14-20(24)27)21(28)25-10-12-26(13-11-25)22-23-17-7-3-5-9-19(17)29-22/h2-9,14H,10-13H2,1H3. The van der Waals surface area contributed by atoms with E-state index in [1.54, 1.807) is 23.0 Å². The number of hydrogen-bond acceptors (Lipinski definition) is 5. The quantitative estimate of drug-likeness (QED) is 0.515. The molecular weight excluding hydrogens is 384 g/mol. The van der Waals surface area contributed by atoms with Gasteiger partial charge in [-0.05, 0) is 18.2 Å². The molecule has 0 radical (unpaired) electrons. The number of carbonyl (C=O) groups excluding carboxylic acids is 1. The van der Waals surface area contributed by atoms with Crippen molar-refractivity contribution in [2.24, 2.45) is 7.05 Å². The molecule has 3 heterocycles. The molecule has 1 amide bonds. The topological polar surface area (TPSA) is 58.4 Å². The number of fused-ring (bicyclic) bond motifs is 2. The van der Waals surface area contributed by atoms with Crippen molar-refractivity contribution in [1.82, 2.24) is 14.5 Å². The largest absolute Gasteiger partial charge is 0.345 e. The summed E-state index contributed by atoms with van der Waals surface area (Å²) in [5.74, 6) is -0.0807. The van der Waals surface area contributed by atoms with Gasteiger partial charge in [0.05, 0.1) is 21.3 Å². The molecule has 146 valence electrons. The molecule has 0 unspecified atom stereocenters. The van der Waals surface area contributed by atoms with Gasteiger partial charge in [0.1, 0.15) is 0 Å². The summed E-state index contributed by atoms with van der Waals surface area (Å²) in [6.45, 7) is 2.68. The summed E-state index contributed by atoms with van der Waals surface area (Å²) < 4.78 is 2.75. The van der Waals surface area contributed by atoms with Crippen molar-refractivity contribution < 1.29 is 4.79 Å². The molecule has 2 aromatic heterocycles. The van der Waals surface area contributed by atoms with Crippen molar-refractivity contribution in [1.29, 1.82) is 0 Å². The van der Waals surface area contributed by atoms with Crippen molar-refractivity contribution in [2.75, 3.05) is 31.1 Å². The fourth-order valence-corrected chi connectivity index (χ4v) is 4.87. The fourth-order valence-electron chi connectivity index (χ4n) is 3.85. The van der Waals surface area contributed by atoms with Gasteiger partial charge in [0, 0.05) is 44.7 Å². The van der Waals surface area contributed by atoms with E-state index in [2.05, 4.69) is 11.0 Å². The molecule has 7 heteroatoms. The Kier molecular flexibility index (Phi) is 4.32. The van der Waals surface area contributed by atoms with Crippen molar-refractivity contribution >= 4 is 43.5 Å². The van der Waals surface area contributed by atoms with Crippen LogP contribution in [-0.4, -0.2) is 46.5 Å². The lowest BCUT2D eigenvalue weighted by Gasteiger charge is -2.34. The van der Waals surface area contributed by atoms with Gasteiger partial charge in [-0.25, -0.2) is 4.98 Å². The monoisotopic (exact) mass is 404 g/mol. The van der Waals surface area contributed by atoms with Gasteiger partial charge in [0.25, 0.3) is 11.5 Å². The van der Waals surface area contributed by atoms with E-state index in [4.69, 9.17) is 4.98 Å². The third-order valence-corrected chi connectivity index (χ3v) is 6.60. The predicted octanol–water partition coefficient (Wildman–Crippen LogP) is 3.11. The second kappa shape index (κ2) is 7.00. The molecule has 6 nitrogen and oxygen atoms in total. The molecule has 5 rings (SSSR count). The van der Waals surface area contributed by atoms with Crippen LogP contribution in [0.25, 0.3) is 21.1 Å². The Morgan fingerprint density at radius 1 is 1.00 bits per heavy atom. The molecule has 0 aliphatic carbocycles. The summed E-state index contributed by atoms with van der Waals surface area (Å²) in [7, 11) is 1.73. The van der Waals surface area contributed by atoms with Crippen LogP contribution in [-0.2, 0) is 7.05 Å². The number of carbonyl (C=O) groups is 1. The Labute approximate surface area is 171 Å². The van der Waals surface area contributed by atoms with Crippen LogP contribution in [0.4, 0.5) is 5.13 Å². The number of rotatable bonds is 2. The smallest absolute Gasteiger partial charge is 0.254 e. The van der Waals surface area contributed by atoms with Gasteiger partial charge >= 0.3 is 0 Å². The van der Waals surface area contributed by atoms with Crippen LogP contribution >= 0.6 is 11.3 Å². The third kappa shape index (κ3) is 3.07. The van der Waals surface area contributed by atoms with E-state index in [1.165, 1.54) is 10.8 Å². The van der Waals surface area contributed by atoms with Crippen molar-refractivity contribution in [2.45, 2.75) is 0 Å². The third-order valence-electron chi connectivity index (χ3n) is 5.50. The predicted molar refractivity (Wildman–Crippen MR) is 117 cm³/mol. The Balaban J connectivity index is 1.38. The van der Waals surface area contributed by atoms with E-state index < -0.39 is 0 Å². The highest BCUT2D eigenvalue weighted by atomic mass is 32.1. The highest BCUT2D eigenvalue weighted by Crippen LogP contribution is 2.29. The minimum atomic E-state index is -0.167. The van der Waals surface area contributed by atoms with Gasteiger partial charge in [-0.3, -0.25) is 9.59 Å². The summed E-state index contributed by atoms with van der Waals surface area (Å²) in [4.78, 5) is 34.3. The van der Waals surface area contributed by atoms with E-state index in [0.717, 1.165) is 34.6 Å². The highest BCUT2D eigenvalue weighted by Gasteiger charge is 2.25. The lowest BCUT2D eigenvalue weighted by atomic mass is 10.1. The number of benzene rings is 2. The van der Waals surface area contributed by atoms with Gasteiger partial charge in [0.2, 0.25) is 0 Å². The molecule has 1 aliphatic heterocycles. The first-order chi connectivity index (χ1) is 14.1. The fraction of sp³-hybridized carbons (Fsp3) is 0.227. The first kappa shape index (κ1) is 17.9. The Morgan fingerprint density at radius 3 is 2.52 bits per heavy atom. The number of anilines is 1. The molecule has 0 saturated carbocycles. The number of aryl methyl sites for hydroxylation is 1. The lowest BCUT2D eigenvalue weighted by Crippen LogP contribution is -2.49. The molecule has 2 aromatic carbocycles.